The van der Waals surface area contributed by atoms with Crippen LogP contribution >= 0.6 is 0 Å². The lowest BCUT2D eigenvalue weighted by atomic mass is 10.0. The fraction of sp³-hybridized carbons (Fsp3) is 0.300. The van der Waals surface area contributed by atoms with E-state index in [4.69, 9.17) is 9.47 Å². The van der Waals surface area contributed by atoms with E-state index in [1.165, 1.54) is 0 Å². The highest BCUT2D eigenvalue weighted by Gasteiger charge is 2.23. The Bertz CT molecular complexity index is 1400. The van der Waals surface area contributed by atoms with Gasteiger partial charge in [-0.3, -0.25) is 14.6 Å². The third kappa shape index (κ3) is 5.63. The van der Waals surface area contributed by atoms with Crippen LogP contribution in [-0.2, 0) is 27.4 Å². The molecule has 1 saturated heterocycles. The Balaban J connectivity index is 1.31. The summed E-state index contributed by atoms with van der Waals surface area (Å²) in [5.74, 6) is -0.00689. The second-order valence-corrected chi connectivity index (χ2v) is 9.47. The third-order valence-electron chi connectivity index (χ3n) is 6.76. The summed E-state index contributed by atoms with van der Waals surface area (Å²) in [5, 5.41) is 0.885. The Morgan fingerprint density at radius 1 is 1.05 bits per heavy atom. The molecule has 0 bridgehead atoms. The molecule has 37 heavy (non-hydrogen) atoms. The number of nitrogens with zero attached hydrogens (tertiary/aromatic N) is 3. The van der Waals surface area contributed by atoms with Gasteiger partial charge in [-0.05, 0) is 31.0 Å². The van der Waals surface area contributed by atoms with Crippen molar-refractivity contribution in [3.8, 4) is 0 Å². The maximum atomic E-state index is 13.3. The number of aryl methyl sites for hydroxylation is 1. The van der Waals surface area contributed by atoms with Crippen LogP contribution in [0.25, 0.3) is 10.9 Å². The monoisotopic (exact) mass is 497 g/mol. The van der Waals surface area contributed by atoms with Gasteiger partial charge in [0.05, 0.1) is 31.5 Å². The van der Waals surface area contributed by atoms with E-state index < -0.39 is 6.10 Å². The van der Waals surface area contributed by atoms with Crippen molar-refractivity contribution >= 4 is 22.6 Å². The number of amides is 1. The lowest BCUT2D eigenvalue weighted by Gasteiger charge is -2.29. The SMILES string of the molecule is Cc1ccc(C(=O)c2cn(Cc3cccc(CO[C@H](C)C(=O)N4CCOCC4)c3)c3cnccc23)cc1. The van der Waals surface area contributed by atoms with Gasteiger partial charge in [0.2, 0.25) is 0 Å². The van der Waals surface area contributed by atoms with E-state index in [0.29, 0.717) is 50.6 Å². The van der Waals surface area contributed by atoms with Gasteiger partial charge in [-0.15, -0.1) is 0 Å². The van der Waals surface area contributed by atoms with E-state index in [1.807, 2.05) is 55.6 Å². The highest BCUT2D eigenvalue weighted by atomic mass is 16.5. The number of carbonyl (C=O) groups excluding carboxylic acids is 2. The molecule has 1 aliphatic rings. The van der Waals surface area contributed by atoms with Gasteiger partial charge in [0.25, 0.3) is 5.91 Å². The predicted molar refractivity (Wildman–Crippen MR) is 142 cm³/mol. The molecular formula is C30H31N3O4. The van der Waals surface area contributed by atoms with E-state index in [9.17, 15) is 9.59 Å². The summed E-state index contributed by atoms with van der Waals surface area (Å²) in [6.07, 6.45) is 4.92. The van der Waals surface area contributed by atoms with Gasteiger partial charge < -0.3 is 18.9 Å². The number of morpholine rings is 1. The van der Waals surface area contributed by atoms with Crippen LogP contribution in [0.1, 0.15) is 39.5 Å². The third-order valence-corrected chi connectivity index (χ3v) is 6.76. The first-order valence-corrected chi connectivity index (χ1v) is 12.6. The minimum Gasteiger partial charge on any atom is -0.378 e. The zero-order valence-corrected chi connectivity index (χ0v) is 21.2. The van der Waals surface area contributed by atoms with Crippen molar-refractivity contribution in [3.05, 3.63) is 101 Å². The van der Waals surface area contributed by atoms with Gasteiger partial charge in [0.1, 0.15) is 6.10 Å². The number of pyridine rings is 1. The molecule has 3 heterocycles. The van der Waals surface area contributed by atoms with Crippen LogP contribution in [0.2, 0.25) is 0 Å². The van der Waals surface area contributed by atoms with Gasteiger partial charge >= 0.3 is 0 Å². The topological polar surface area (TPSA) is 73.7 Å². The first-order valence-electron chi connectivity index (χ1n) is 12.6. The molecule has 2 aromatic heterocycles. The van der Waals surface area contributed by atoms with Crippen molar-refractivity contribution in [1.82, 2.24) is 14.5 Å². The van der Waals surface area contributed by atoms with E-state index in [0.717, 1.165) is 27.6 Å². The molecule has 2 aromatic carbocycles. The Morgan fingerprint density at radius 3 is 2.59 bits per heavy atom. The number of aromatic nitrogens is 2. The van der Waals surface area contributed by atoms with Crippen molar-refractivity contribution < 1.29 is 19.1 Å². The number of hydrogen-bond acceptors (Lipinski definition) is 5. The number of rotatable bonds is 8. The van der Waals surface area contributed by atoms with E-state index in [-0.39, 0.29) is 11.7 Å². The molecule has 0 radical (unpaired) electrons. The molecule has 1 aliphatic heterocycles. The van der Waals surface area contributed by atoms with E-state index in [2.05, 4.69) is 21.7 Å². The fourth-order valence-electron chi connectivity index (χ4n) is 4.66. The average Bonchev–Trinajstić information content (AvgIpc) is 3.30. The molecule has 0 saturated carbocycles. The molecule has 1 atom stereocenters. The lowest BCUT2D eigenvalue weighted by molar-refractivity contribution is -0.147. The molecule has 7 nitrogen and oxygen atoms in total. The van der Waals surface area contributed by atoms with Gasteiger partial charge in [0, 0.05) is 48.5 Å². The summed E-state index contributed by atoms with van der Waals surface area (Å²) in [7, 11) is 0. The molecule has 1 fully saturated rings. The molecule has 5 rings (SSSR count). The number of carbonyl (C=O) groups is 2. The van der Waals surface area contributed by atoms with Crippen LogP contribution in [0.3, 0.4) is 0 Å². The maximum Gasteiger partial charge on any atom is 0.251 e. The molecule has 4 aromatic rings. The molecule has 0 unspecified atom stereocenters. The lowest BCUT2D eigenvalue weighted by Crippen LogP contribution is -2.45. The van der Waals surface area contributed by atoms with E-state index >= 15 is 0 Å². The standard InChI is InChI=1S/C30H31N3O4/c1-21-6-8-25(9-7-21)29(34)27-19-33(28-17-31-11-10-26(27)28)18-23-4-3-5-24(16-23)20-37-22(2)30(35)32-12-14-36-15-13-32/h3-11,16-17,19,22H,12-15,18,20H2,1-2H3/t22-/m1/s1. The summed E-state index contributed by atoms with van der Waals surface area (Å²) in [6.45, 7) is 7.09. The molecule has 1 amide bonds. The number of hydrogen-bond donors (Lipinski definition) is 0. The normalized spacial score (nSPS) is 14.6. The smallest absolute Gasteiger partial charge is 0.251 e. The van der Waals surface area contributed by atoms with Gasteiger partial charge in [-0.1, -0.05) is 54.1 Å². The summed E-state index contributed by atoms with van der Waals surface area (Å²) in [4.78, 5) is 32.1. The zero-order chi connectivity index (χ0) is 25.8. The molecule has 0 N–H and O–H groups in total. The van der Waals surface area contributed by atoms with Crippen molar-refractivity contribution in [3.63, 3.8) is 0 Å². The number of fused-ring (bicyclic) bond motifs is 1. The van der Waals surface area contributed by atoms with Gasteiger partial charge in [-0.2, -0.15) is 0 Å². The second-order valence-electron chi connectivity index (χ2n) is 9.47. The molecule has 0 aliphatic carbocycles. The van der Waals surface area contributed by atoms with Crippen molar-refractivity contribution in [2.45, 2.75) is 33.1 Å². The Morgan fingerprint density at radius 2 is 1.81 bits per heavy atom. The van der Waals surface area contributed by atoms with Crippen molar-refractivity contribution in [2.75, 3.05) is 26.3 Å². The molecule has 190 valence electrons. The van der Waals surface area contributed by atoms with E-state index in [1.54, 1.807) is 24.2 Å². The van der Waals surface area contributed by atoms with Crippen LogP contribution in [-0.4, -0.2) is 58.5 Å². The molecule has 7 heteroatoms. The summed E-state index contributed by atoms with van der Waals surface area (Å²) in [5.41, 5.74) is 5.42. The summed E-state index contributed by atoms with van der Waals surface area (Å²) >= 11 is 0. The molecular weight excluding hydrogens is 466 g/mol. The van der Waals surface area contributed by atoms with Crippen LogP contribution in [0.15, 0.2) is 73.2 Å². The van der Waals surface area contributed by atoms with Crippen molar-refractivity contribution in [2.24, 2.45) is 0 Å². The van der Waals surface area contributed by atoms with Crippen LogP contribution in [0.5, 0.6) is 0 Å². The average molecular weight is 498 g/mol. The minimum absolute atomic E-state index is 0.00320. The van der Waals surface area contributed by atoms with Gasteiger partial charge in [0.15, 0.2) is 5.78 Å². The number of ether oxygens (including phenoxy) is 2. The largest absolute Gasteiger partial charge is 0.378 e. The Kier molecular flexibility index (Phi) is 7.44. The van der Waals surface area contributed by atoms with Crippen LogP contribution < -0.4 is 0 Å². The van der Waals surface area contributed by atoms with Crippen molar-refractivity contribution in [1.29, 1.82) is 0 Å². The minimum atomic E-state index is -0.517. The highest BCUT2D eigenvalue weighted by Crippen LogP contribution is 2.25. The Hall–Kier alpha value is -3.81. The molecule has 0 spiro atoms. The second kappa shape index (κ2) is 11.1. The highest BCUT2D eigenvalue weighted by molar-refractivity contribution is 6.16. The summed E-state index contributed by atoms with van der Waals surface area (Å²) in [6, 6.07) is 17.7. The van der Waals surface area contributed by atoms with Crippen LogP contribution in [0.4, 0.5) is 0 Å². The number of ketones is 1. The Labute approximate surface area is 216 Å². The van der Waals surface area contributed by atoms with Crippen LogP contribution in [0, 0.1) is 6.92 Å². The maximum absolute atomic E-state index is 13.3. The fourth-order valence-corrected chi connectivity index (χ4v) is 4.66. The zero-order valence-electron chi connectivity index (χ0n) is 21.2. The first kappa shape index (κ1) is 24.9. The number of benzene rings is 2. The quantitative estimate of drug-likeness (QED) is 0.338. The predicted octanol–water partition coefficient (Wildman–Crippen LogP) is 4.39. The van der Waals surface area contributed by atoms with Gasteiger partial charge in [-0.25, -0.2) is 0 Å². The first-order chi connectivity index (χ1) is 18.0. The summed E-state index contributed by atoms with van der Waals surface area (Å²) < 4.78 is 13.3.